The first-order valence-electron chi connectivity index (χ1n) is 10.1. The van der Waals surface area contributed by atoms with E-state index in [1.54, 1.807) is 58.3 Å². The van der Waals surface area contributed by atoms with E-state index in [0.29, 0.717) is 18.6 Å². The Morgan fingerprint density at radius 1 is 1.23 bits per heavy atom. The molecule has 0 aliphatic rings. The highest BCUT2D eigenvalue weighted by molar-refractivity contribution is 7.93. The van der Waals surface area contributed by atoms with Gasteiger partial charge in [0.1, 0.15) is 11.4 Å². The number of carbonyl (C=O) groups excluding carboxylic acids is 1. The van der Waals surface area contributed by atoms with E-state index >= 15 is 0 Å². The molecule has 0 fully saturated rings. The molecule has 9 heteroatoms. The van der Waals surface area contributed by atoms with Gasteiger partial charge in [-0.2, -0.15) is 0 Å². The molecule has 0 spiro atoms. The standard InChI is InChI=1S/C22H31N3O5S/c1-6-8-20(21(23)26)31(27,28)25(30-22(2,3)4)18-11-10-16(14-19(18)29-5)13-17-9-7-12-24-15-17/h7,9-12,14-15,20H,6,8,13H2,1-5H3,(H2,23,26). The van der Waals surface area contributed by atoms with Gasteiger partial charge in [0.15, 0.2) is 5.25 Å². The van der Waals surface area contributed by atoms with Crippen LogP contribution in [0.15, 0.2) is 42.7 Å². The Balaban J connectivity index is 2.54. The predicted molar refractivity (Wildman–Crippen MR) is 120 cm³/mol. The van der Waals surface area contributed by atoms with Gasteiger partial charge in [-0.3, -0.25) is 14.6 Å². The smallest absolute Gasteiger partial charge is 0.269 e. The fraction of sp³-hybridized carbons (Fsp3) is 0.455. The minimum Gasteiger partial charge on any atom is -0.494 e. The number of aromatic nitrogens is 1. The Labute approximate surface area is 184 Å². The molecule has 170 valence electrons. The van der Waals surface area contributed by atoms with E-state index in [1.165, 1.54) is 7.11 Å². The van der Waals surface area contributed by atoms with Crippen LogP contribution < -0.4 is 14.9 Å². The third-order valence-electron chi connectivity index (χ3n) is 4.39. The number of rotatable bonds is 10. The van der Waals surface area contributed by atoms with Gasteiger partial charge < -0.3 is 10.5 Å². The minimum atomic E-state index is -4.27. The van der Waals surface area contributed by atoms with Crippen LogP contribution in [-0.2, 0) is 26.1 Å². The number of anilines is 1. The predicted octanol–water partition coefficient (Wildman–Crippen LogP) is 3.20. The third-order valence-corrected chi connectivity index (χ3v) is 6.31. The van der Waals surface area contributed by atoms with Gasteiger partial charge in [-0.1, -0.05) is 25.5 Å². The number of pyridine rings is 1. The Bertz CT molecular complexity index is 988. The summed E-state index contributed by atoms with van der Waals surface area (Å²) in [5.41, 5.74) is 6.66. The summed E-state index contributed by atoms with van der Waals surface area (Å²) < 4.78 is 33.1. The molecule has 0 saturated heterocycles. The van der Waals surface area contributed by atoms with E-state index in [-0.39, 0.29) is 12.1 Å². The fourth-order valence-electron chi connectivity index (χ4n) is 3.02. The number of sulfonamides is 1. The largest absolute Gasteiger partial charge is 0.494 e. The number of hydrogen-bond acceptors (Lipinski definition) is 6. The molecule has 1 aromatic heterocycles. The Morgan fingerprint density at radius 3 is 2.45 bits per heavy atom. The zero-order valence-electron chi connectivity index (χ0n) is 18.7. The van der Waals surface area contributed by atoms with Crippen molar-refractivity contribution in [2.45, 2.75) is 57.8 Å². The average molecular weight is 450 g/mol. The SMILES string of the molecule is CCCC(C(N)=O)S(=O)(=O)N(OC(C)(C)C)c1ccc(Cc2cccnc2)cc1OC. The molecule has 8 nitrogen and oxygen atoms in total. The molecular weight excluding hydrogens is 418 g/mol. The summed E-state index contributed by atoms with van der Waals surface area (Å²) >= 11 is 0. The maximum Gasteiger partial charge on any atom is 0.269 e. The fourth-order valence-corrected chi connectivity index (χ4v) is 4.83. The molecule has 0 radical (unpaired) electrons. The molecule has 0 saturated carbocycles. The average Bonchev–Trinajstić information content (AvgIpc) is 2.70. The lowest BCUT2D eigenvalue weighted by Gasteiger charge is -2.33. The first kappa shape index (κ1) is 24.6. The van der Waals surface area contributed by atoms with Crippen LogP contribution in [0.25, 0.3) is 0 Å². The molecule has 1 unspecified atom stereocenters. The molecule has 1 amide bonds. The Hall–Kier alpha value is -2.65. The maximum absolute atomic E-state index is 13.4. The van der Waals surface area contributed by atoms with Crippen molar-refractivity contribution >= 4 is 21.6 Å². The molecule has 1 aromatic carbocycles. The summed E-state index contributed by atoms with van der Waals surface area (Å²) in [4.78, 5) is 21.9. The molecule has 2 rings (SSSR count). The third kappa shape index (κ3) is 6.41. The van der Waals surface area contributed by atoms with Crippen LogP contribution in [0.4, 0.5) is 5.69 Å². The molecule has 1 heterocycles. The van der Waals surface area contributed by atoms with Gasteiger partial charge in [0.05, 0.1) is 12.7 Å². The number of nitrogens with zero attached hydrogens (tertiary/aromatic N) is 2. The van der Waals surface area contributed by atoms with Crippen molar-refractivity contribution in [3.63, 3.8) is 0 Å². The summed E-state index contributed by atoms with van der Waals surface area (Å²) in [7, 11) is -2.82. The molecule has 2 aromatic rings. The Kier molecular flexibility index (Phi) is 8.02. The summed E-state index contributed by atoms with van der Waals surface area (Å²) in [6, 6.07) is 8.95. The van der Waals surface area contributed by atoms with E-state index in [4.69, 9.17) is 15.3 Å². The van der Waals surface area contributed by atoms with E-state index in [2.05, 4.69) is 4.98 Å². The number of carbonyl (C=O) groups is 1. The number of methoxy groups -OCH3 is 1. The van der Waals surface area contributed by atoms with E-state index < -0.39 is 26.8 Å². The number of primary amides is 1. The van der Waals surface area contributed by atoms with Gasteiger partial charge in [-0.05, 0) is 62.9 Å². The second-order valence-electron chi connectivity index (χ2n) is 8.20. The first-order chi connectivity index (χ1) is 14.5. The van der Waals surface area contributed by atoms with Crippen molar-refractivity contribution in [3.8, 4) is 5.75 Å². The number of ether oxygens (including phenoxy) is 1. The Morgan fingerprint density at radius 2 is 1.94 bits per heavy atom. The summed E-state index contributed by atoms with van der Waals surface area (Å²) in [6.45, 7) is 6.95. The number of nitrogens with two attached hydrogens (primary N) is 1. The maximum atomic E-state index is 13.4. The van der Waals surface area contributed by atoms with Crippen LogP contribution in [0.2, 0.25) is 0 Å². The highest BCUT2D eigenvalue weighted by Crippen LogP contribution is 2.35. The molecule has 2 N–H and O–H groups in total. The lowest BCUT2D eigenvalue weighted by molar-refractivity contribution is -0.117. The van der Waals surface area contributed by atoms with Crippen molar-refractivity contribution in [2.75, 3.05) is 11.6 Å². The lowest BCUT2D eigenvalue weighted by atomic mass is 10.1. The lowest BCUT2D eigenvalue weighted by Crippen LogP contribution is -2.48. The normalized spacial score (nSPS) is 12.9. The minimum absolute atomic E-state index is 0.0864. The molecule has 31 heavy (non-hydrogen) atoms. The first-order valence-corrected chi connectivity index (χ1v) is 11.6. The van der Waals surface area contributed by atoms with Gasteiger partial charge in [0, 0.05) is 12.4 Å². The van der Waals surface area contributed by atoms with Gasteiger partial charge in [-0.25, -0.2) is 8.42 Å². The van der Waals surface area contributed by atoms with Crippen molar-refractivity contribution < 1.29 is 22.8 Å². The van der Waals surface area contributed by atoms with Crippen molar-refractivity contribution in [1.82, 2.24) is 4.98 Å². The molecular formula is C22H31N3O5S. The molecule has 1 atom stereocenters. The highest BCUT2D eigenvalue weighted by atomic mass is 32.2. The number of amides is 1. The van der Waals surface area contributed by atoms with Gasteiger partial charge >= 0.3 is 0 Å². The van der Waals surface area contributed by atoms with Crippen LogP contribution in [0, 0.1) is 0 Å². The molecule has 0 aliphatic heterocycles. The van der Waals surface area contributed by atoms with Crippen LogP contribution in [0.3, 0.4) is 0 Å². The van der Waals surface area contributed by atoms with Crippen molar-refractivity contribution in [1.29, 1.82) is 0 Å². The second kappa shape index (κ2) is 10.1. The van der Waals surface area contributed by atoms with Gasteiger partial charge in [0.2, 0.25) is 5.91 Å². The topological polar surface area (TPSA) is 112 Å². The summed E-state index contributed by atoms with van der Waals surface area (Å²) in [5.74, 6) is -0.620. The number of benzene rings is 1. The van der Waals surface area contributed by atoms with Crippen molar-refractivity contribution in [3.05, 3.63) is 53.9 Å². The monoisotopic (exact) mass is 449 g/mol. The quantitative estimate of drug-likeness (QED) is 0.558. The zero-order chi connectivity index (χ0) is 23.2. The van der Waals surface area contributed by atoms with Crippen LogP contribution >= 0.6 is 0 Å². The van der Waals surface area contributed by atoms with Crippen LogP contribution in [0.5, 0.6) is 5.75 Å². The second-order valence-corrected chi connectivity index (χ2v) is 10.1. The van der Waals surface area contributed by atoms with Gasteiger partial charge in [-0.15, -0.1) is 4.47 Å². The molecule has 0 bridgehead atoms. The van der Waals surface area contributed by atoms with Gasteiger partial charge in [0.25, 0.3) is 10.0 Å². The van der Waals surface area contributed by atoms with Crippen LogP contribution in [-0.4, -0.2) is 37.3 Å². The zero-order valence-corrected chi connectivity index (χ0v) is 19.5. The van der Waals surface area contributed by atoms with E-state index in [1.807, 2.05) is 12.1 Å². The summed E-state index contributed by atoms with van der Waals surface area (Å²) in [6.07, 6.45) is 4.62. The van der Waals surface area contributed by atoms with Crippen LogP contribution in [0.1, 0.15) is 51.7 Å². The summed E-state index contributed by atoms with van der Waals surface area (Å²) in [5, 5.41) is -1.42. The highest BCUT2D eigenvalue weighted by Gasteiger charge is 2.40. The van der Waals surface area contributed by atoms with Crippen molar-refractivity contribution in [2.24, 2.45) is 5.73 Å². The number of hydrogen-bond donors (Lipinski definition) is 1. The molecule has 0 aliphatic carbocycles. The van der Waals surface area contributed by atoms with E-state index in [0.717, 1.165) is 15.6 Å². The van der Waals surface area contributed by atoms with E-state index in [9.17, 15) is 13.2 Å².